The summed E-state index contributed by atoms with van der Waals surface area (Å²) >= 11 is 0. The van der Waals surface area contributed by atoms with E-state index >= 15 is 0 Å². The van der Waals surface area contributed by atoms with E-state index in [1.54, 1.807) is 0 Å². The molecule has 0 bridgehead atoms. The second-order valence-electron chi connectivity index (χ2n) is 4.89. The predicted molar refractivity (Wildman–Crippen MR) is 68.0 cm³/mol. The summed E-state index contributed by atoms with van der Waals surface area (Å²) in [7, 11) is 2.18. The average molecular weight is 219 g/mol. The number of piperazine rings is 1. The molecule has 2 heterocycles. The zero-order valence-corrected chi connectivity index (χ0v) is 10.5. The van der Waals surface area contributed by atoms with E-state index in [1.807, 2.05) is 6.20 Å². The summed E-state index contributed by atoms with van der Waals surface area (Å²) in [6, 6.07) is 4.35. The summed E-state index contributed by atoms with van der Waals surface area (Å²) in [6.45, 7) is 8.87. The topological polar surface area (TPSA) is 19.4 Å². The average Bonchev–Trinajstić information content (AvgIpc) is 2.30. The number of hydrogen-bond donors (Lipinski definition) is 0. The van der Waals surface area contributed by atoms with E-state index in [1.165, 1.54) is 11.4 Å². The van der Waals surface area contributed by atoms with Gasteiger partial charge in [0.2, 0.25) is 0 Å². The van der Waals surface area contributed by atoms with Crippen molar-refractivity contribution in [2.75, 3.05) is 38.1 Å². The first kappa shape index (κ1) is 11.4. The Hall–Kier alpha value is -1.09. The molecule has 88 valence electrons. The van der Waals surface area contributed by atoms with Gasteiger partial charge in [-0.25, -0.2) is 0 Å². The lowest BCUT2D eigenvalue weighted by Crippen LogP contribution is -2.44. The molecule has 0 unspecified atom stereocenters. The van der Waals surface area contributed by atoms with Crippen molar-refractivity contribution in [3.63, 3.8) is 0 Å². The van der Waals surface area contributed by atoms with Crippen molar-refractivity contribution in [2.45, 2.75) is 19.8 Å². The van der Waals surface area contributed by atoms with Gasteiger partial charge in [0.05, 0.1) is 11.9 Å². The lowest BCUT2D eigenvalue weighted by molar-refractivity contribution is 0.313. The van der Waals surface area contributed by atoms with Crippen LogP contribution in [0.2, 0.25) is 0 Å². The van der Waals surface area contributed by atoms with Gasteiger partial charge in [-0.05, 0) is 25.1 Å². The minimum Gasteiger partial charge on any atom is -0.368 e. The fourth-order valence-electron chi connectivity index (χ4n) is 1.99. The maximum Gasteiger partial charge on any atom is 0.0553 e. The zero-order valence-electron chi connectivity index (χ0n) is 10.5. The van der Waals surface area contributed by atoms with Crippen LogP contribution in [0.5, 0.6) is 0 Å². The maximum absolute atomic E-state index is 4.52. The number of aromatic nitrogens is 1. The third kappa shape index (κ3) is 2.53. The maximum atomic E-state index is 4.52. The van der Waals surface area contributed by atoms with Gasteiger partial charge in [-0.1, -0.05) is 13.8 Å². The minimum atomic E-state index is 0.515. The number of rotatable bonds is 2. The van der Waals surface area contributed by atoms with Gasteiger partial charge in [0.1, 0.15) is 0 Å². The molecule has 1 saturated heterocycles. The standard InChI is InChI=1S/C13H21N3/c1-11(2)13-5-4-12(10-14-13)16-8-6-15(3)7-9-16/h4-5,10-11H,6-9H2,1-3H3. The largest absolute Gasteiger partial charge is 0.368 e. The fourth-order valence-corrected chi connectivity index (χ4v) is 1.99. The summed E-state index contributed by atoms with van der Waals surface area (Å²) in [5.41, 5.74) is 2.44. The van der Waals surface area contributed by atoms with Crippen LogP contribution in [-0.4, -0.2) is 43.1 Å². The normalized spacial score (nSPS) is 18.1. The molecule has 0 saturated carbocycles. The molecule has 0 amide bonds. The molecule has 0 aromatic carbocycles. The highest BCUT2D eigenvalue weighted by atomic mass is 15.2. The van der Waals surface area contributed by atoms with Crippen molar-refractivity contribution in [1.29, 1.82) is 0 Å². The molecule has 0 radical (unpaired) electrons. The quantitative estimate of drug-likeness (QED) is 0.758. The Morgan fingerprint density at radius 3 is 2.31 bits per heavy atom. The molecule has 1 aromatic rings. The highest BCUT2D eigenvalue weighted by Gasteiger charge is 2.14. The summed E-state index contributed by atoms with van der Waals surface area (Å²) in [6.07, 6.45) is 2.01. The molecule has 1 fully saturated rings. The lowest BCUT2D eigenvalue weighted by Gasteiger charge is -2.33. The van der Waals surface area contributed by atoms with Crippen molar-refractivity contribution >= 4 is 5.69 Å². The van der Waals surface area contributed by atoms with Crippen LogP contribution in [0, 0.1) is 0 Å². The second-order valence-corrected chi connectivity index (χ2v) is 4.89. The van der Waals surface area contributed by atoms with E-state index in [9.17, 15) is 0 Å². The SMILES string of the molecule is CC(C)c1ccc(N2CCN(C)CC2)cn1. The summed E-state index contributed by atoms with van der Waals surface area (Å²) in [5, 5.41) is 0. The first-order chi connectivity index (χ1) is 7.66. The smallest absolute Gasteiger partial charge is 0.0553 e. The molecule has 0 aliphatic carbocycles. The van der Waals surface area contributed by atoms with Crippen LogP contribution in [0.3, 0.4) is 0 Å². The number of nitrogens with zero attached hydrogens (tertiary/aromatic N) is 3. The van der Waals surface area contributed by atoms with Crippen molar-refractivity contribution in [3.05, 3.63) is 24.0 Å². The van der Waals surface area contributed by atoms with Crippen LogP contribution < -0.4 is 4.90 Å². The molecule has 1 aromatic heterocycles. The number of likely N-dealkylation sites (N-methyl/N-ethyl adjacent to an activating group) is 1. The lowest BCUT2D eigenvalue weighted by atomic mass is 10.1. The van der Waals surface area contributed by atoms with Gasteiger partial charge in [0, 0.05) is 31.9 Å². The van der Waals surface area contributed by atoms with Gasteiger partial charge >= 0.3 is 0 Å². The van der Waals surface area contributed by atoms with Gasteiger partial charge in [0.25, 0.3) is 0 Å². The first-order valence-electron chi connectivity index (χ1n) is 6.06. The Kier molecular flexibility index (Phi) is 3.44. The van der Waals surface area contributed by atoms with E-state index in [-0.39, 0.29) is 0 Å². The van der Waals surface area contributed by atoms with Crippen LogP contribution in [0.15, 0.2) is 18.3 Å². The molecule has 2 rings (SSSR count). The third-order valence-electron chi connectivity index (χ3n) is 3.23. The minimum absolute atomic E-state index is 0.515. The number of anilines is 1. The molecule has 1 aliphatic heterocycles. The van der Waals surface area contributed by atoms with Crippen molar-refractivity contribution in [3.8, 4) is 0 Å². The molecule has 3 heteroatoms. The Morgan fingerprint density at radius 2 is 1.81 bits per heavy atom. The summed E-state index contributed by atoms with van der Waals surface area (Å²) in [5.74, 6) is 0.515. The molecule has 0 spiro atoms. The summed E-state index contributed by atoms with van der Waals surface area (Å²) in [4.78, 5) is 9.30. The van der Waals surface area contributed by atoms with E-state index in [4.69, 9.17) is 0 Å². The third-order valence-corrected chi connectivity index (χ3v) is 3.23. The van der Waals surface area contributed by atoms with Crippen molar-refractivity contribution in [2.24, 2.45) is 0 Å². The molecule has 3 nitrogen and oxygen atoms in total. The van der Waals surface area contributed by atoms with Crippen molar-refractivity contribution in [1.82, 2.24) is 9.88 Å². The molecular weight excluding hydrogens is 198 g/mol. The van der Waals surface area contributed by atoms with Crippen LogP contribution in [0.1, 0.15) is 25.5 Å². The van der Waals surface area contributed by atoms with Gasteiger partial charge in [-0.15, -0.1) is 0 Å². The van der Waals surface area contributed by atoms with Crippen LogP contribution >= 0.6 is 0 Å². The molecule has 0 atom stereocenters. The Labute approximate surface area is 98.1 Å². The van der Waals surface area contributed by atoms with Crippen LogP contribution in [0.25, 0.3) is 0 Å². The number of pyridine rings is 1. The van der Waals surface area contributed by atoms with Gasteiger partial charge in [-0.3, -0.25) is 4.98 Å². The van der Waals surface area contributed by atoms with Gasteiger partial charge in [0.15, 0.2) is 0 Å². The highest BCUT2D eigenvalue weighted by molar-refractivity contribution is 5.45. The number of hydrogen-bond acceptors (Lipinski definition) is 3. The summed E-state index contributed by atoms with van der Waals surface area (Å²) < 4.78 is 0. The molecule has 16 heavy (non-hydrogen) atoms. The van der Waals surface area contributed by atoms with Gasteiger partial charge in [-0.2, -0.15) is 0 Å². The Bertz CT molecular complexity index is 324. The molecular formula is C13H21N3. The van der Waals surface area contributed by atoms with E-state index in [0.717, 1.165) is 26.2 Å². The van der Waals surface area contributed by atoms with E-state index < -0.39 is 0 Å². The Balaban J connectivity index is 2.04. The van der Waals surface area contributed by atoms with Crippen molar-refractivity contribution < 1.29 is 0 Å². The molecule has 1 aliphatic rings. The Morgan fingerprint density at radius 1 is 1.12 bits per heavy atom. The molecule has 0 N–H and O–H groups in total. The monoisotopic (exact) mass is 219 g/mol. The highest BCUT2D eigenvalue weighted by Crippen LogP contribution is 2.18. The van der Waals surface area contributed by atoms with E-state index in [0.29, 0.717) is 5.92 Å². The van der Waals surface area contributed by atoms with Crippen LogP contribution in [-0.2, 0) is 0 Å². The van der Waals surface area contributed by atoms with Crippen LogP contribution in [0.4, 0.5) is 5.69 Å². The van der Waals surface area contributed by atoms with Gasteiger partial charge < -0.3 is 9.80 Å². The fraction of sp³-hybridized carbons (Fsp3) is 0.615. The first-order valence-corrected chi connectivity index (χ1v) is 6.06. The zero-order chi connectivity index (χ0) is 11.5. The predicted octanol–water partition coefficient (Wildman–Crippen LogP) is 1.96. The second kappa shape index (κ2) is 4.83. The van der Waals surface area contributed by atoms with E-state index in [2.05, 4.69) is 47.8 Å².